The van der Waals surface area contributed by atoms with Crippen molar-refractivity contribution in [1.82, 2.24) is 4.90 Å². The molecule has 0 aliphatic carbocycles. The van der Waals surface area contributed by atoms with Crippen LogP contribution in [0.5, 0.6) is 0 Å². The Hall–Kier alpha value is -3.73. The Kier molecular flexibility index (Phi) is 5.66. The topological polar surface area (TPSA) is 49.4 Å². The summed E-state index contributed by atoms with van der Waals surface area (Å²) in [5.74, 6) is -1.12. The number of carbonyl (C=O) groups is 2. The largest absolute Gasteiger partial charge is 0.350 e. The zero-order valence-corrected chi connectivity index (χ0v) is 18.6. The number of hydrogen-bond acceptors (Lipinski definition) is 3. The highest BCUT2D eigenvalue weighted by Gasteiger charge is 2.39. The summed E-state index contributed by atoms with van der Waals surface area (Å²) in [6, 6.07) is 17.6. The predicted octanol–water partition coefficient (Wildman–Crippen LogP) is 5.45. The maximum atomic E-state index is 13.5. The van der Waals surface area contributed by atoms with Gasteiger partial charge in [0.25, 0.3) is 11.8 Å². The number of aryl methyl sites for hydroxylation is 4. The summed E-state index contributed by atoms with van der Waals surface area (Å²) in [6.07, 6.45) is 0. The van der Waals surface area contributed by atoms with Crippen LogP contribution in [-0.4, -0.2) is 16.7 Å². The molecule has 0 radical (unpaired) electrons. The SMILES string of the molecule is Cc1ccc(C2=C(Nc3cc(C)ccc3C)C(=O)N(Cc3ccc(F)cc3)C2=O)c(C)c1. The monoisotopic (exact) mass is 428 g/mol. The molecule has 3 aromatic carbocycles. The van der Waals surface area contributed by atoms with Gasteiger partial charge in [0, 0.05) is 5.69 Å². The number of amides is 2. The van der Waals surface area contributed by atoms with Gasteiger partial charge in [0.05, 0.1) is 12.1 Å². The average Bonchev–Trinajstić information content (AvgIpc) is 2.97. The summed E-state index contributed by atoms with van der Waals surface area (Å²) < 4.78 is 13.3. The second kappa shape index (κ2) is 8.42. The van der Waals surface area contributed by atoms with E-state index in [4.69, 9.17) is 0 Å². The van der Waals surface area contributed by atoms with E-state index >= 15 is 0 Å². The Morgan fingerprint density at radius 3 is 2.12 bits per heavy atom. The van der Waals surface area contributed by atoms with E-state index < -0.39 is 5.91 Å². The van der Waals surface area contributed by atoms with Gasteiger partial charge in [-0.25, -0.2) is 4.39 Å². The van der Waals surface area contributed by atoms with Crippen LogP contribution in [-0.2, 0) is 16.1 Å². The first-order valence-corrected chi connectivity index (χ1v) is 10.5. The fourth-order valence-corrected chi connectivity index (χ4v) is 3.96. The molecule has 1 N–H and O–H groups in total. The molecule has 1 aliphatic heterocycles. The van der Waals surface area contributed by atoms with Gasteiger partial charge < -0.3 is 5.32 Å². The number of anilines is 1. The smallest absolute Gasteiger partial charge is 0.278 e. The van der Waals surface area contributed by atoms with Crippen molar-refractivity contribution in [3.63, 3.8) is 0 Å². The third kappa shape index (κ3) is 4.06. The van der Waals surface area contributed by atoms with Crippen molar-refractivity contribution in [2.24, 2.45) is 0 Å². The Bertz CT molecular complexity index is 1260. The highest BCUT2D eigenvalue weighted by molar-refractivity contribution is 6.36. The molecule has 32 heavy (non-hydrogen) atoms. The van der Waals surface area contributed by atoms with E-state index in [1.54, 1.807) is 12.1 Å². The van der Waals surface area contributed by atoms with Gasteiger partial charge in [-0.3, -0.25) is 14.5 Å². The Morgan fingerprint density at radius 1 is 0.781 bits per heavy atom. The minimum absolute atomic E-state index is 0.0737. The molecule has 5 heteroatoms. The quantitative estimate of drug-likeness (QED) is 0.550. The number of halogens is 1. The number of nitrogens with zero attached hydrogens (tertiary/aromatic N) is 1. The van der Waals surface area contributed by atoms with Crippen molar-refractivity contribution in [2.75, 3.05) is 5.32 Å². The lowest BCUT2D eigenvalue weighted by molar-refractivity contribution is -0.137. The number of rotatable bonds is 5. The molecule has 0 fully saturated rings. The number of nitrogens with one attached hydrogen (secondary N) is 1. The van der Waals surface area contributed by atoms with Crippen molar-refractivity contribution in [1.29, 1.82) is 0 Å². The van der Waals surface area contributed by atoms with Gasteiger partial charge in [0.15, 0.2) is 0 Å². The third-order valence-electron chi connectivity index (χ3n) is 5.73. The van der Waals surface area contributed by atoms with Crippen molar-refractivity contribution in [2.45, 2.75) is 34.2 Å². The summed E-state index contributed by atoms with van der Waals surface area (Å²) in [5.41, 5.74) is 6.83. The molecule has 1 aliphatic rings. The number of benzene rings is 3. The molecular formula is C27H25FN2O2. The molecule has 2 amide bonds. The van der Waals surface area contributed by atoms with Crippen molar-refractivity contribution in [3.8, 4) is 0 Å². The molecular weight excluding hydrogens is 403 g/mol. The normalized spacial score (nSPS) is 13.8. The standard InChI is InChI=1S/C27H25FN2O2/c1-16-6-12-22(19(4)13-16)24-25(29-23-14-17(2)5-7-18(23)3)27(32)30(26(24)31)15-20-8-10-21(28)11-9-20/h5-14,29H,15H2,1-4H3. The fraction of sp³-hybridized carbons (Fsp3) is 0.185. The molecule has 4 rings (SSSR count). The summed E-state index contributed by atoms with van der Waals surface area (Å²) in [4.78, 5) is 28.2. The van der Waals surface area contributed by atoms with Crippen LogP contribution in [0.4, 0.5) is 10.1 Å². The zero-order chi connectivity index (χ0) is 23.0. The Morgan fingerprint density at radius 2 is 1.44 bits per heavy atom. The minimum Gasteiger partial charge on any atom is -0.350 e. The van der Waals surface area contributed by atoms with E-state index in [1.807, 2.05) is 64.1 Å². The number of imide groups is 1. The van der Waals surface area contributed by atoms with Crippen LogP contribution in [0.15, 0.2) is 66.4 Å². The van der Waals surface area contributed by atoms with Crippen LogP contribution in [0, 0.1) is 33.5 Å². The Labute approximate surface area is 187 Å². The number of hydrogen-bond donors (Lipinski definition) is 1. The first-order chi connectivity index (χ1) is 15.2. The summed E-state index contributed by atoms with van der Waals surface area (Å²) in [7, 11) is 0. The summed E-state index contributed by atoms with van der Waals surface area (Å²) in [6.45, 7) is 7.93. The summed E-state index contributed by atoms with van der Waals surface area (Å²) in [5, 5.41) is 3.25. The van der Waals surface area contributed by atoms with Gasteiger partial charge in [-0.1, -0.05) is 48.0 Å². The minimum atomic E-state index is -0.393. The van der Waals surface area contributed by atoms with Crippen molar-refractivity contribution in [3.05, 3.63) is 106 Å². The molecule has 0 atom stereocenters. The highest BCUT2D eigenvalue weighted by atomic mass is 19.1. The van der Waals surface area contributed by atoms with Crippen LogP contribution in [0.1, 0.15) is 33.4 Å². The lowest BCUT2D eigenvalue weighted by atomic mass is 9.97. The average molecular weight is 429 g/mol. The van der Waals surface area contributed by atoms with E-state index in [9.17, 15) is 14.0 Å². The molecule has 0 saturated carbocycles. The molecule has 1 heterocycles. The van der Waals surface area contributed by atoms with Crippen molar-refractivity contribution >= 4 is 23.1 Å². The highest BCUT2D eigenvalue weighted by Crippen LogP contribution is 2.34. The molecule has 4 nitrogen and oxygen atoms in total. The maximum Gasteiger partial charge on any atom is 0.278 e. The van der Waals surface area contributed by atoms with Crippen molar-refractivity contribution < 1.29 is 14.0 Å². The van der Waals surface area contributed by atoms with Gasteiger partial charge in [0.2, 0.25) is 0 Å². The zero-order valence-electron chi connectivity index (χ0n) is 18.6. The van der Waals surface area contributed by atoms with E-state index in [2.05, 4.69) is 5.32 Å². The van der Waals surface area contributed by atoms with Crippen LogP contribution in [0.25, 0.3) is 5.57 Å². The fourth-order valence-electron chi connectivity index (χ4n) is 3.96. The molecule has 0 spiro atoms. The molecule has 3 aromatic rings. The molecule has 0 saturated heterocycles. The van der Waals surface area contributed by atoms with Crippen LogP contribution in [0.3, 0.4) is 0 Å². The lowest BCUT2D eigenvalue weighted by Crippen LogP contribution is -2.32. The first kappa shape index (κ1) is 21.5. The van der Waals surface area contributed by atoms with E-state index in [0.29, 0.717) is 11.1 Å². The van der Waals surface area contributed by atoms with Crippen LogP contribution < -0.4 is 5.32 Å². The molecule has 162 valence electrons. The lowest BCUT2D eigenvalue weighted by Gasteiger charge is -2.16. The third-order valence-corrected chi connectivity index (χ3v) is 5.73. The van der Waals surface area contributed by atoms with Gasteiger partial charge in [-0.15, -0.1) is 0 Å². The number of carbonyl (C=O) groups excluding carboxylic acids is 2. The van der Waals surface area contributed by atoms with E-state index in [1.165, 1.54) is 17.0 Å². The predicted molar refractivity (Wildman–Crippen MR) is 124 cm³/mol. The van der Waals surface area contributed by atoms with E-state index in [-0.39, 0.29) is 24.0 Å². The van der Waals surface area contributed by atoms with Gasteiger partial charge in [-0.05, 0) is 73.7 Å². The van der Waals surface area contributed by atoms with Crippen LogP contribution >= 0.6 is 0 Å². The second-order valence-electron chi connectivity index (χ2n) is 8.33. The first-order valence-electron chi connectivity index (χ1n) is 10.5. The molecule has 0 aromatic heterocycles. The summed E-state index contributed by atoms with van der Waals surface area (Å²) >= 11 is 0. The Balaban J connectivity index is 1.80. The van der Waals surface area contributed by atoms with Gasteiger partial charge >= 0.3 is 0 Å². The molecule has 0 unspecified atom stereocenters. The van der Waals surface area contributed by atoms with Gasteiger partial charge in [0.1, 0.15) is 11.5 Å². The van der Waals surface area contributed by atoms with E-state index in [0.717, 1.165) is 33.5 Å². The van der Waals surface area contributed by atoms with Crippen LogP contribution in [0.2, 0.25) is 0 Å². The maximum absolute atomic E-state index is 13.5. The van der Waals surface area contributed by atoms with Gasteiger partial charge in [-0.2, -0.15) is 0 Å². The molecule has 0 bridgehead atoms. The second-order valence-corrected chi connectivity index (χ2v) is 8.33.